The molecule has 3 heteroatoms. The normalized spacial score (nSPS) is 12.6. The molecule has 1 aromatic heterocycles. The van der Waals surface area contributed by atoms with E-state index in [0.717, 1.165) is 18.5 Å². The van der Waals surface area contributed by atoms with Crippen LogP contribution in [0.4, 0.5) is 0 Å². The summed E-state index contributed by atoms with van der Waals surface area (Å²) in [7, 11) is 0. The molecule has 1 atom stereocenters. The molecule has 0 aliphatic carbocycles. The molecule has 0 fully saturated rings. The third-order valence-electron chi connectivity index (χ3n) is 2.71. The lowest BCUT2D eigenvalue weighted by Gasteiger charge is -2.04. The van der Waals surface area contributed by atoms with E-state index < -0.39 is 0 Å². The van der Waals surface area contributed by atoms with Crippen LogP contribution in [-0.4, -0.2) is 9.78 Å². The van der Waals surface area contributed by atoms with Crippen LogP contribution in [0.3, 0.4) is 0 Å². The van der Waals surface area contributed by atoms with E-state index in [1.807, 2.05) is 35.3 Å². The molecule has 0 bridgehead atoms. The number of nitrogens with zero attached hydrogens (tertiary/aromatic N) is 2. The van der Waals surface area contributed by atoms with Crippen molar-refractivity contribution in [2.45, 2.75) is 25.9 Å². The second-order valence-corrected chi connectivity index (χ2v) is 3.97. The van der Waals surface area contributed by atoms with Crippen molar-refractivity contribution in [3.8, 4) is 0 Å². The van der Waals surface area contributed by atoms with Crippen molar-refractivity contribution in [3.05, 3.63) is 53.9 Å². The fourth-order valence-corrected chi connectivity index (χ4v) is 1.66. The van der Waals surface area contributed by atoms with Gasteiger partial charge in [-0.3, -0.25) is 4.68 Å². The second-order valence-electron chi connectivity index (χ2n) is 3.97. The average Bonchev–Trinajstić information content (AvgIpc) is 2.78. The number of nitrogens with two attached hydrogens (primary N) is 1. The van der Waals surface area contributed by atoms with Crippen LogP contribution in [0.1, 0.15) is 30.5 Å². The van der Waals surface area contributed by atoms with Gasteiger partial charge in [-0.15, -0.1) is 0 Å². The van der Waals surface area contributed by atoms with Crippen LogP contribution < -0.4 is 5.73 Å². The maximum absolute atomic E-state index is 5.95. The van der Waals surface area contributed by atoms with E-state index >= 15 is 0 Å². The molecular weight excluding hydrogens is 198 g/mol. The van der Waals surface area contributed by atoms with Crippen molar-refractivity contribution in [1.82, 2.24) is 9.78 Å². The minimum absolute atomic E-state index is 0.101. The van der Waals surface area contributed by atoms with Gasteiger partial charge in [0, 0.05) is 17.8 Å². The van der Waals surface area contributed by atoms with Crippen LogP contribution in [0.2, 0.25) is 0 Å². The number of hydrogen-bond donors (Lipinski definition) is 1. The Hall–Kier alpha value is -1.61. The predicted octanol–water partition coefficient (Wildman–Crippen LogP) is 2.34. The van der Waals surface area contributed by atoms with Gasteiger partial charge in [-0.1, -0.05) is 37.3 Å². The lowest BCUT2D eigenvalue weighted by Crippen LogP contribution is -2.07. The predicted molar refractivity (Wildman–Crippen MR) is 65.0 cm³/mol. The van der Waals surface area contributed by atoms with Crippen molar-refractivity contribution in [3.63, 3.8) is 0 Å². The first-order valence-corrected chi connectivity index (χ1v) is 5.61. The van der Waals surface area contributed by atoms with E-state index in [4.69, 9.17) is 5.73 Å². The van der Waals surface area contributed by atoms with Gasteiger partial charge < -0.3 is 5.73 Å². The van der Waals surface area contributed by atoms with Crippen molar-refractivity contribution >= 4 is 0 Å². The standard InChI is InChI=1S/C13H17N3/c1-2-13(14)12-8-15-16(10-12)9-11-6-4-3-5-7-11/h3-8,10,13H,2,9,14H2,1H3. The number of aromatic nitrogens is 2. The summed E-state index contributed by atoms with van der Waals surface area (Å²) in [5, 5.41) is 4.32. The number of rotatable bonds is 4. The Morgan fingerprint density at radius 1 is 1.31 bits per heavy atom. The molecule has 2 aromatic rings. The Morgan fingerprint density at radius 3 is 2.75 bits per heavy atom. The van der Waals surface area contributed by atoms with Gasteiger partial charge in [0.15, 0.2) is 0 Å². The Bertz CT molecular complexity index is 433. The molecule has 1 heterocycles. The van der Waals surface area contributed by atoms with Crippen molar-refractivity contribution in [2.75, 3.05) is 0 Å². The Kier molecular flexibility index (Phi) is 3.37. The fraction of sp³-hybridized carbons (Fsp3) is 0.308. The van der Waals surface area contributed by atoms with Crippen LogP contribution in [0.5, 0.6) is 0 Å². The molecule has 84 valence electrons. The fourth-order valence-electron chi connectivity index (χ4n) is 1.66. The summed E-state index contributed by atoms with van der Waals surface area (Å²) in [4.78, 5) is 0. The minimum atomic E-state index is 0.101. The van der Waals surface area contributed by atoms with Gasteiger partial charge in [0.25, 0.3) is 0 Å². The molecule has 3 nitrogen and oxygen atoms in total. The summed E-state index contributed by atoms with van der Waals surface area (Å²) >= 11 is 0. The summed E-state index contributed by atoms with van der Waals surface area (Å²) in [5.74, 6) is 0. The van der Waals surface area contributed by atoms with Crippen LogP contribution in [0, 0.1) is 0 Å². The van der Waals surface area contributed by atoms with Gasteiger partial charge >= 0.3 is 0 Å². The lowest BCUT2D eigenvalue weighted by atomic mass is 10.1. The van der Waals surface area contributed by atoms with E-state index in [1.54, 1.807) is 0 Å². The molecule has 1 aromatic carbocycles. The zero-order valence-corrected chi connectivity index (χ0v) is 9.50. The first kappa shape index (κ1) is 10.9. The van der Waals surface area contributed by atoms with Gasteiger partial charge in [0.05, 0.1) is 12.7 Å². The van der Waals surface area contributed by atoms with Crippen molar-refractivity contribution in [1.29, 1.82) is 0 Å². The summed E-state index contributed by atoms with van der Waals surface area (Å²) in [6, 6.07) is 10.4. The smallest absolute Gasteiger partial charge is 0.0659 e. The van der Waals surface area contributed by atoms with Crippen LogP contribution >= 0.6 is 0 Å². The molecule has 16 heavy (non-hydrogen) atoms. The number of benzene rings is 1. The Balaban J connectivity index is 2.09. The molecule has 2 N–H and O–H groups in total. The highest BCUT2D eigenvalue weighted by atomic mass is 15.3. The first-order valence-electron chi connectivity index (χ1n) is 5.61. The number of hydrogen-bond acceptors (Lipinski definition) is 2. The zero-order valence-electron chi connectivity index (χ0n) is 9.50. The molecule has 0 saturated carbocycles. The van der Waals surface area contributed by atoms with Gasteiger partial charge in [-0.2, -0.15) is 5.10 Å². The van der Waals surface area contributed by atoms with Crippen molar-refractivity contribution in [2.24, 2.45) is 5.73 Å². The van der Waals surface area contributed by atoms with E-state index in [1.165, 1.54) is 5.56 Å². The highest BCUT2D eigenvalue weighted by Gasteiger charge is 2.05. The maximum atomic E-state index is 5.95. The summed E-state index contributed by atoms with van der Waals surface area (Å²) in [6.07, 6.45) is 4.83. The topological polar surface area (TPSA) is 43.8 Å². The molecule has 2 rings (SSSR count). The van der Waals surface area contributed by atoms with Gasteiger partial charge in [-0.25, -0.2) is 0 Å². The molecule has 0 aliphatic rings. The van der Waals surface area contributed by atoms with E-state index in [-0.39, 0.29) is 6.04 Å². The maximum Gasteiger partial charge on any atom is 0.0659 e. The quantitative estimate of drug-likeness (QED) is 0.850. The molecule has 0 spiro atoms. The van der Waals surface area contributed by atoms with Crippen LogP contribution in [-0.2, 0) is 6.54 Å². The first-order chi connectivity index (χ1) is 7.79. The average molecular weight is 215 g/mol. The van der Waals surface area contributed by atoms with E-state index in [0.29, 0.717) is 0 Å². The van der Waals surface area contributed by atoms with Gasteiger partial charge in [0.1, 0.15) is 0 Å². The Morgan fingerprint density at radius 2 is 2.06 bits per heavy atom. The summed E-state index contributed by atoms with van der Waals surface area (Å²) in [6.45, 7) is 2.89. The van der Waals surface area contributed by atoms with Crippen molar-refractivity contribution < 1.29 is 0 Å². The monoisotopic (exact) mass is 215 g/mol. The van der Waals surface area contributed by atoms with Crippen LogP contribution in [0.15, 0.2) is 42.7 Å². The van der Waals surface area contributed by atoms with Gasteiger partial charge in [-0.05, 0) is 12.0 Å². The van der Waals surface area contributed by atoms with Crippen LogP contribution in [0.25, 0.3) is 0 Å². The minimum Gasteiger partial charge on any atom is -0.324 e. The molecule has 0 saturated heterocycles. The third-order valence-corrected chi connectivity index (χ3v) is 2.71. The highest BCUT2D eigenvalue weighted by Crippen LogP contribution is 2.12. The Labute approximate surface area is 95.9 Å². The molecule has 0 aliphatic heterocycles. The SMILES string of the molecule is CCC(N)c1cnn(Cc2ccccc2)c1. The van der Waals surface area contributed by atoms with E-state index in [9.17, 15) is 0 Å². The molecule has 1 unspecified atom stereocenters. The third kappa shape index (κ3) is 2.49. The second kappa shape index (κ2) is 4.94. The molecular formula is C13H17N3. The lowest BCUT2D eigenvalue weighted by molar-refractivity contribution is 0.675. The summed E-state index contributed by atoms with van der Waals surface area (Å²) in [5.41, 5.74) is 8.31. The van der Waals surface area contributed by atoms with E-state index in [2.05, 4.69) is 24.2 Å². The highest BCUT2D eigenvalue weighted by molar-refractivity contribution is 5.16. The molecule has 0 amide bonds. The largest absolute Gasteiger partial charge is 0.324 e. The summed E-state index contributed by atoms with van der Waals surface area (Å²) < 4.78 is 1.93. The molecule has 0 radical (unpaired) electrons. The van der Waals surface area contributed by atoms with Gasteiger partial charge in [0.2, 0.25) is 0 Å². The zero-order chi connectivity index (χ0) is 11.4.